The average Bonchev–Trinajstić information content (AvgIpc) is 3.05. The molecule has 3 rings (SSSR count). The Labute approximate surface area is 169 Å². The molecule has 0 aliphatic carbocycles. The third-order valence-electron chi connectivity index (χ3n) is 4.60. The minimum absolute atomic E-state index is 0.289. The first-order valence-corrected chi connectivity index (χ1v) is 9.73. The number of ether oxygens (including phenoxy) is 4. The summed E-state index contributed by atoms with van der Waals surface area (Å²) < 4.78 is 21.8. The van der Waals surface area contributed by atoms with Crippen LogP contribution in [0.1, 0.15) is 32.4 Å². The molecule has 1 aromatic rings. The lowest BCUT2D eigenvalue weighted by atomic mass is 9.93. The maximum absolute atomic E-state index is 12.8. The Morgan fingerprint density at radius 1 is 1.14 bits per heavy atom. The van der Waals surface area contributed by atoms with Gasteiger partial charge >= 0.3 is 5.97 Å². The predicted octanol–water partition coefficient (Wildman–Crippen LogP) is 3.87. The summed E-state index contributed by atoms with van der Waals surface area (Å²) >= 11 is 1.53. The van der Waals surface area contributed by atoms with Crippen LogP contribution in [0.25, 0.3) is 0 Å². The molecular weight excluding hydrogens is 380 g/mol. The van der Waals surface area contributed by atoms with Crippen molar-refractivity contribution in [2.75, 3.05) is 27.9 Å². The highest BCUT2D eigenvalue weighted by atomic mass is 32.2. The second-order valence-corrected chi connectivity index (χ2v) is 7.06. The summed E-state index contributed by atoms with van der Waals surface area (Å²) in [5, 5.41) is 2.84. The van der Waals surface area contributed by atoms with E-state index >= 15 is 0 Å². The van der Waals surface area contributed by atoms with E-state index in [9.17, 15) is 4.79 Å². The summed E-state index contributed by atoms with van der Waals surface area (Å²) in [6.45, 7) is 5.90. The first kappa shape index (κ1) is 20.1. The first-order chi connectivity index (χ1) is 13.5. The molecule has 0 radical (unpaired) electrons. The van der Waals surface area contributed by atoms with E-state index in [0.29, 0.717) is 28.5 Å². The van der Waals surface area contributed by atoms with Gasteiger partial charge in [-0.15, -0.1) is 0 Å². The summed E-state index contributed by atoms with van der Waals surface area (Å²) in [6, 6.07) is 3.31. The molecule has 0 fully saturated rings. The van der Waals surface area contributed by atoms with Crippen molar-refractivity contribution in [3.05, 3.63) is 40.1 Å². The predicted molar refractivity (Wildman–Crippen MR) is 109 cm³/mol. The Hall–Kier alpha value is -2.61. The van der Waals surface area contributed by atoms with Gasteiger partial charge in [0.25, 0.3) is 0 Å². The summed E-state index contributed by atoms with van der Waals surface area (Å²) in [6.07, 6.45) is 0. The molecule has 0 aromatic heterocycles. The van der Waals surface area contributed by atoms with Crippen molar-refractivity contribution >= 4 is 22.9 Å². The molecule has 150 valence electrons. The van der Waals surface area contributed by atoms with Gasteiger partial charge in [-0.25, -0.2) is 9.79 Å². The van der Waals surface area contributed by atoms with Crippen LogP contribution in [0, 0.1) is 0 Å². The number of fused-ring (bicyclic) bond motifs is 1. The number of hydrogen-bond donors (Lipinski definition) is 0. The SMILES string of the molecule is CCOC(=O)C1=C(C)N=C2SC=C(C)N2[C@@H]1c1cc(OC)c(OC)c(OC)c1. The van der Waals surface area contributed by atoms with Crippen molar-refractivity contribution in [3.63, 3.8) is 0 Å². The second kappa shape index (κ2) is 8.18. The Morgan fingerprint density at radius 2 is 1.79 bits per heavy atom. The van der Waals surface area contributed by atoms with Crippen molar-refractivity contribution in [2.24, 2.45) is 4.99 Å². The fourth-order valence-electron chi connectivity index (χ4n) is 3.37. The molecule has 0 saturated carbocycles. The van der Waals surface area contributed by atoms with E-state index in [4.69, 9.17) is 18.9 Å². The number of rotatable bonds is 6. The van der Waals surface area contributed by atoms with Crippen molar-refractivity contribution in [1.29, 1.82) is 0 Å². The Morgan fingerprint density at radius 3 is 2.32 bits per heavy atom. The summed E-state index contributed by atoms with van der Waals surface area (Å²) in [5.41, 5.74) is 2.95. The lowest BCUT2D eigenvalue weighted by molar-refractivity contribution is -0.139. The molecule has 8 heteroatoms. The molecule has 2 aliphatic rings. The molecule has 28 heavy (non-hydrogen) atoms. The van der Waals surface area contributed by atoms with E-state index in [0.717, 1.165) is 16.4 Å². The maximum atomic E-state index is 12.8. The smallest absolute Gasteiger partial charge is 0.338 e. The molecular formula is C20H24N2O5S. The van der Waals surface area contributed by atoms with E-state index in [1.165, 1.54) is 11.8 Å². The zero-order valence-corrected chi connectivity index (χ0v) is 17.7. The number of esters is 1. The summed E-state index contributed by atoms with van der Waals surface area (Å²) in [7, 11) is 4.70. The van der Waals surface area contributed by atoms with Crippen molar-refractivity contribution in [2.45, 2.75) is 26.8 Å². The van der Waals surface area contributed by atoms with Gasteiger partial charge in [-0.2, -0.15) is 0 Å². The molecule has 7 nitrogen and oxygen atoms in total. The van der Waals surface area contributed by atoms with Gasteiger partial charge in [0.05, 0.1) is 45.2 Å². The van der Waals surface area contributed by atoms with E-state index < -0.39 is 6.04 Å². The number of carbonyl (C=O) groups excluding carboxylic acids is 1. The third-order valence-corrected chi connectivity index (χ3v) is 5.56. The van der Waals surface area contributed by atoms with Gasteiger partial charge in [0.2, 0.25) is 5.75 Å². The van der Waals surface area contributed by atoms with Gasteiger partial charge in [-0.1, -0.05) is 11.8 Å². The lowest BCUT2D eigenvalue weighted by Gasteiger charge is -2.35. The minimum Gasteiger partial charge on any atom is -0.493 e. The van der Waals surface area contributed by atoms with Crippen LogP contribution in [0.4, 0.5) is 0 Å². The fourth-order valence-corrected chi connectivity index (χ4v) is 4.31. The third kappa shape index (κ3) is 3.32. The maximum Gasteiger partial charge on any atom is 0.338 e. The molecule has 0 saturated heterocycles. The largest absolute Gasteiger partial charge is 0.493 e. The molecule has 0 N–H and O–H groups in total. The number of aliphatic imine (C=N–C) groups is 1. The number of thioether (sulfide) groups is 1. The van der Waals surface area contributed by atoms with Gasteiger partial charge in [0, 0.05) is 5.70 Å². The van der Waals surface area contributed by atoms with Crippen LogP contribution in [0.2, 0.25) is 0 Å². The van der Waals surface area contributed by atoms with Gasteiger partial charge in [-0.3, -0.25) is 0 Å². The van der Waals surface area contributed by atoms with Crippen LogP contribution in [0.15, 0.2) is 39.5 Å². The first-order valence-electron chi connectivity index (χ1n) is 8.85. The number of benzene rings is 1. The normalized spacial score (nSPS) is 18.4. The number of nitrogens with zero attached hydrogens (tertiary/aromatic N) is 2. The van der Waals surface area contributed by atoms with E-state index in [1.807, 2.05) is 36.3 Å². The number of methoxy groups -OCH3 is 3. The minimum atomic E-state index is -0.411. The van der Waals surface area contributed by atoms with Crippen LogP contribution < -0.4 is 14.2 Å². The zero-order chi connectivity index (χ0) is 20.4. The van der Waals surface area contributed by atoms with E-state index in [2.05, 4.69) is 4.99 Å². The Bertz CT molecular complexity index is 866. The Balaban J connectivity index is 2.22. The van der Waals surface area contributed by atoms with Gasteiger partial charge < -0.3 is 23.8 Å². The van der Waals surface area contributed by atoms with Crippen molar-refractivity contribution < 1.29 is 23.7 Å². The summed E-state index contributed by atoms with van der Waals surface area (Å²) in [5.74, 6) is 1.16. The average molecular weight is 404 g/mol. The van der Waals surface area contributed by atoms with Crippen LogP contribution in [0.5, 0.6) is 17.2 Å². The van der Waals surface area contributed by atoms with E-state index in [-0.39, 0.29) is 12.6 Å². The van der Waals surface area contributed by atoms with Crippen LogP contribution in [0.3, 0.4) is 0 Å². The highest BCUT2D eigenvalue weighted by Gasteiger charge is 2.40. The van der Waals surface area contributed by atoms with Gasteiger partial charge in [0.1, 0.15) is 0 Å². The lowest BCUT2D eigenvalue weighted by Crippen LogP contribution is -2.36. The standard InChI is InChI=1S/C20H24N2O5S/c1-7-27-19(23)16-12(3)21-20-22(11(2)10-28-20)17(16)13-8-14(24-4)18(26-6)15(9-13)25-5/h8-10,17H,7H2,1-6H3/t17-/m1/s1. The molecule has 0 bridgehead atoms. The molecule has 2 heterocycles. The molecule has 1 atom stereocenters. The second-order valence-electron chi connectivity index (χ2n) is 6.22. The number of allylic oxidation sites excluding steroid dienone is 2. The topological polar surface area (TPSA) is 69.6 Å². The van der Waals surface area contributed by atoms with Crippen LogP contribution in [-0.4, -0.2) is 44.0 Å². The van der Waals surface area contributed by atoms with Gasteiger partial charge in [0.15, 0.2) is 16.7 Å². The molecule has 2 aliphatic heterocycles. The van der Waals surface area contributed by atoms with Crippen molar-refractivity contribution in [3.8, 4) is 17.2 Å². The molecule has 1 aromatic carbocycles. The quantitative estimate of drug-likeness (QED) is 0.667. The van der Waals surface area contributed by atoms with Crippen molar-refractivity contribution in [1.82, 2.24) is 4.90 Å². The fraction of sp³-hybridized carbons (Fsp3) is 0.400. The van der Waals surface area contributed by atoms with Gasteiger partial charge in [-0.05, 0) is 43.9 Å². The molecule has 0 unspecified atom stereocenters. The highest BCUT2D eigenvalue weighted by molar-refractivity contribution is 8.16. The number of amidine groups is 1. The molecule has 0 amide bonds. The Kier molecular flexibility index (Phi) is 5.88. The number of hydrogen-bond acceptors (Lipinski definition) is 8. The zero-order valence-electron chi connectivity index (χ0n) is 16.9. The van der Waals surface area contributed by atoms with E-state index in [1.54, 1.807) is 28.3 Å². The highest BCUT2D eigenvalue weighted by Crippen LogP contribution is 2.47. The monoisotopic (exact) mass is 404 g/mol. The number of carbonyl (C=O) groups is 1. The summed E-state index contributed by atoms with van der Waals surface area (Å²) in [4.78, 5) is 19.5. The van der Waals surface area contributed by atoms with Crippen LogP contribution in [-0.2, 0) is 9.53 Å². The molecule has 0 spiro atoms. The van der Waals surface area contributed by atoms with Crippen LogP contribution >= 0.6 is 11.8 Å².